The van der Waals surface area contributed by atoms with Gasteiger partial charge in [0.2, 0.25) is 0 Å². The van der Waals surface area contributed by atoms with E-state index >= 15 is 0 Å². The van der Waals surface area contributed by atoms with Gasteiger partial charge >= 0.3 is 8.25 Å². The van der Waals surface area contributed by atoms with Crippen LogP contribution in [0.15, 0.2) is 0 Å². The SMILES string of the molecule is CCC(CC)CC(CC(CC)CC)(O[PH](=O)O)C(CC)CC. The molecule has 0 heterocycles. The van der Waals surface area contributed by atoms with Gasteiger partial charge in [-0.05, 0) is 30.6 Å². The lowest BCUT2D eigenvalue weighted by molar-refractivity contribution is -0.0406. The molecule has 0 fully saturated rings. The largest absolute Gasteiger partial charge is 0.326 e. The second-order valence-corrected chi connectivity index (χ2v) is 7.46. The highest BCUT2D eigenvalue weighted by Gasteiger charge is 2.42. The average Bonchev–Trinajstić information content (AvgIpc) is 2.50. The molecule has 1 unspecified atom stereocenters. The van der Waals surface area contributed by atoms with Crippen LogP contribution in [0, 0.1) is 17.8 Å². The average molecular weight is 334 g/mol. The van der Waals surface area contributed by atoms with Gasteiger partial charge in [0, 0.05) is 0 Å². The van der Waals surface area contributed by atoms with Gasteiger partial charge in [-0.3, -0.25) is 4.57 Å². The highest BCUT2D eigenvalue weighted by atomic mass is 31.1. The highest BCUT2D eigenvalue weighted by molar-refractivity contribution is 7.32. The summed E-state index contributed by atoms with van der Waals surface area (Å²) < 4.78 is 17.5. The van der Waals surface area contributed by atoms with Crippen molar-refractivity contribution in [3.05, 3.63) is 0 Å². The maximum absolute atomic E-state index is 11.6. The fraction of sp³-hybridized carbons (Fsp3) is 1.00. The van der Waals surface area contributed by atoms with Crippen LogP contribution in [-0.2, 0) is 9.09 Å². The summed E-state index contributed by atoms with van der Waals surface area (Å²) >= 11 is 0. The maximum Gasteiger partial charge on any atom is 0.317 e. The standard InChI is InChI=1S/C18H39O3P/c1-7-15(8-2)13-18(21-22(19)20,17(11-5)12-6)14-16(9-3)10-4/h15-17,22H,7-14H2,1-6H3,(H,19,20). The first-order chi connectivity index (χ1) is 10.4. The molecule has 0 aliphatic carbocycles. The van der Waals surface area contributed by atoms with Crippen molar-refractivity contribution in [3.8, 4) is 0 Å². The Hall–Kier alpha value is 0.150. The number of hydrogen-bond donors (Lipinski definition) is 1. The summed E-state index contributed by atoms with van der Waals surface area (Å²) in [5.74, 6) is 1.49. The molecule has 0 radical (unpaired) electrons. The second-order valence-electron chi connectivity index (χ2n) is 6.72. The third-order valence-electron chi connectivity index (χ3n) is 5.60. The summed E-state index contributed by atoms with van der Waals surface area (Å²) in [7, 11) is -2.93. The summed E-state index contributed by atoms with van der Waals surface area (Å²) in [4.78, 5) is 9.57. The van der Waals surface area contributed by atoms with Crippen molar-refractivity contribution in [1.29, 1.82) is 0 Å². The minimum Gasteiger partial charge on any atom is -0.326 e. The Morgan fingerprint density at radius 2 is 1.18 bits per heavy atom. The van der Waals surface area contributed by atoms with Crippen molar-refractivity contribution in [2.75, 3.05) is 0 Å². The van der Waals surface area contributed by atoms with E-state index < -0.39 is 13.9 Å². The molecule has 1 N–H and O–H groups in total. The van der Waals surface area contributed by atoms with Gasteiger partial charge < -0.3 is 9.42 Å². The van der Waals surface area contributed by atoms with Crippen LogP contribution < -0.4 is 0 Å². The van der Waals surface area contributed by atoms with Crippen LogP contribution in [0.2, 0.25) is 0 Å². The Labute approximate surface area is 139 Å². The zero-order valence-corrected chi connectivity index (χ0v) is 16.7. The summed E-state index contributed by atoms with van der Waals surface area (Å²) in [6.07, 6.45) is 8.28. The minimum atomic E-state index is -2.93. The Kier molecular flexibility index (Phi) is 11.7. The molecule has 22 heavy (non-hydrogen) atoms. The third kappa shape index (κ3) is 6.72. The molecule has 1 atom stereocenters. The topological polar surface area (TPSA) is 46.5 Å². The van der Waals surface area contributed by atoms with Gasteiger partial charge in [0.15, 0.2) is 0 Å². The Morgan fingerprint density at radius 1 is 0.818 bits per heavy atom. The summed E-state index contributed by atoms with van der Waals surface area (Å²) in [5.41, 5.74) is -0.429. The lowest BCUT2D eigenvalue weighted by Crippen LogP contribution is -2.42. The van der Waals surface area contributed by atoms with Crippen LogP contribution in [0.5, 0.6) is 0 Å². The molecular formula is C18H39O3P. The van der Waals surface area contributed by atoms with Crippen molar-refractivity contribution in [3.63, 3.8) is 0 Å². The van der Waals surface area contributed by atoms with Gasteiger partial charge in [-0.1, -0.05) is 80.1 Å². The first-order valence-corrected chi connectivity index (χ1v) is 10.6. The zero-order chi connectivity index (χ0) is 17.2. The van der Waals surface area contributed by atoms with E-state index in [9.17, 15) is 9.46 Å². The van der Waals surface area contributed by atoms with E-state index in [0.717, 1.165) is 51.4 Å². The van der Waals surface area contributed by atoms with Gasteiger partial charge in [0.1, 0.15) is 0 Å². The normalized spacial score (nSPS) is 14.3. The predicted molar refractivity (Wildman–Crippen MR) is 96.5 cm³/mol. The number of hydrogen-bond acceptors (Lipinski definition) is 2. The maximum atomic E-state index is 11.6. The minimum absolute atomic E-state index is 0.356. The van der Waals surface area contributed by atoms with E-state index in [1.54, 1.807) is 0 Å². The van der Waals surface area contributed by atoms with Crippen molar-refractivity contribution in [1.82, 2.24) is 0 Å². The van der Waals surface area contributed by atoms with Gasteiger partial charge in [-0.2, -0.15) is 0 Å². The molecule has 0 aliphatic heterocycles. The first kappa shape index (κ1) is 22.1. The monoisotopic (exact) mass is 334 g/mol. The van der Waals surface area contributed by atoms with Gasteiger partial charge in [0.25, 0.3) is 0 Å². The van der Waals surface area contributed by atoms with Crippen LogP contribution >= 0.6 is 8.25 Å². The molecule has 0 amide bonds. The highest BCUT2D eigenvalue weighted by Crippen LogP contribution is 2.46. The molecule has 0 aliphatic rings. The Morgan fingerprint density at radius 3 is 1.41 bits per heavy atom. The van der Waals surface area contributed by atoms with E-state index in [-0.39, 0.29) is 0 Å². The second kappa shape index (κ2) is 11.6. The van der Waals surface area contributed by atoms with Gasteiger partial charge in [-0.15, -0.1) is 0 Å². The van der Waals surface area contributed by atoms with Gasteiger partial charge in [-0.25, -0.2) is 0 Å². The summed E-state index contributed by atoms with van der Waals surface area (Å²) in [6, 6.07) is 0. The van der Waals surface area contributed by atoms with Crippen LogP contribution in [0.1, 0.15) is 92.9 Å². The molecular weight excluding hydrogens is 295 g/mol. The van der Waals surface area contributed by atoms with E-state index in [1.807, 2.05) is 0 Å². The summed E-state index contributed by atoms with van der Waals surface area (Å²) in [5, 5.41) is 0. The fourth-order valence-electron chi connectivity index (χ4n) is 3.92. The van der Waals surface area contributed by atoms with Crippen LogP contribution in [0.25, 0.3) is 0 Å². The van der Waals surface area contributed by atoms with Crippen molar-refractivity contribution in [2.24, 2.45) is 17.8 Å². The first-order valence-electron chi connectivity index (χ1n) is 9.34. The van der Waals surface area contributed by atoms with Crippen LogP contribution in [-0.4, -0.2) is 10.5 Å². The van der Waals surface area contributed by atoms with Gasteiger partial charge in [0.05, 0.1) is 5.60 Å². The Bertz CT molecular complexity index is 281. The Balaban J connectivity index is 5.61. The van der Waals surface area contributed by atoms with E-state index in [2.05, 4.69) is 41.5 Å². The van der Waals surface area contributed by atoms with Crippen molar-refractivity contribution < 1.29 is 14.0 Å². The lowest BCUT2D eigenvalue weighted by Gasteiger charge is -2.43. The van der Waals surface area contributed by atoms with E-state index in [4.69, 9.17) is 4.52 Å². The van der Waals surface area contributed by atoms with E-state index in [0.29, 0.717) is 17.8 Å². The van der Waals surface area contributed by atoms with Crippen LogP contribution in [0.4, 0.5) is 0 Å². The van der Waals surface area contributed by atoms with Crippen LogP contribution in [0.3, 0.4) is 0 Å². The molecule has 0 saturated heterocycles. The van der Waals surface area contributed by atoms with Crippen molar-refractivity contribution in [2.45, 2.75) is 98.5 Å². The zero-order valence-electron chi connectivity index (χ0n) is 15.7. The smallest absolute Gasteiger partial charge is 0.317 e. The molecule has 0 aromatic carbocycles. The third-order valence-corrected chi connectivity index (χ3v) is 6.18. The predicted octanol–water partition coefficient (Wildman–Crippen LogP) is 6.21. The molecule has 134 valence electrons. The molecule has 0 saturated carbocycles. The van der Waals surface area contributed by atoms with Crippen molar-refractivity contribution >= 4 is 8.25 Å². The molecule has 0 aromatic heterocycles. The lowest BCUT2D eigenvalue weighted by atomic mass is 9.71. The quantitative estimate of drug-likeness (QED) is 0.407. The molecule has 0 spiro atoms. The molecule has 3 nitrogen and oxygen atoms in total. The molecule has 4 heteroatoms. The molecule has 0 bridgehead atoms. The molecule has 0 aromatic rings. The van der Waals surface area contributed by atoms with E-state index in [1.165, 1.54) is 0 Å². The fourth-order valence-corrected chi connectivity index (χ4v) is 4.60. The molecule has 0 rings (SSSR count). The number of rotatable bonds is 13. The summed E-state index contributed by atoms with van der Waals surface area (Å²) in [6.45, 7) is 13.2.